The van der Waals surface area contributed by atoms with Gasteiger partial charge in [0.15, 0.2) is 0 Å². The van der Waals surface area contributed by atoms with E-state index in [-0.39, 0.29) is 0 Å². The summed E-state index contributed by atoms with van der Waals surface area (Å²) in [5.74, 6) is 1.35. The third kappa shape index (κ3) is 3.94. The second-order valence-corrected chi connectivity index (χ2v) is 5.77. The van der Waals surface area contributed by atoms with E-state index in [4.69, 9.17) is 15.2 Å². The smallest absolute Gasteiger partial charge is 0.0808 e. The Balaban J connectivity index is 1.74. The predicted molar refractivity (Wildman–Crippen MR) is 68.9 cm³/mol. The molecule has 1 saturated carbocycles. The van der Waals surface area contributed by atoms with E-state index >= 15 is 0 Å². The highest BCUT2D eigenvalue weighted by atomic mass is 16.5. The minimum absolute atomic E-state index is 0.333. The summed E-state index contributed by atoms with van der Waals surface area (Å²) < 4.78 is 11.8. The number of ether oxygens (including phenoxy) is 2. The van der Waals surface area contributed by atoms with Gasteiger partial charge in [0.25, 0.3) is 0 Å². The average Bonchev–Trinajstić information content (AvgIpc) is 2.38. The zero-order valence-corrected chi connectivity index (χ0v) is 11.1. The van der Waals surface area contributed by atoms with Gasteiger partial charge in [-0.1, -0.05) is 13.3 Å². The van der Waals surface area contributed by atoms with Gasteiger partial charge in [0.05, 0.1) is 18.8 Å². The normalized spacial score (nSPS) is 39.2. The van der Waals surface area contributed by atoms with Crippen LogP contribution in [0.3, 0.4) is 0 Å². The Labute approximate surface area is 105 Å². The first-order valence-corrected chi connectivity index (χ1v) is 7.23. The quantitative estimate of drug-likeness (QED) is 0.821. The Morgan fingerprint density at radius 2 is 2.12 bits per heavy atom. The van der Waals surface area contributed by atoms with Crippen molar-refractivity contribution in [2.45, 2.75) is 57.7 Å². The molecular weight excluding hydrogens is 214 g/mol. The van der Waals surface area contributed by atoms with Gasteiger partial charge in [0.2, 0.25) is 0 Å². The molecule has 1 aliphatic carbocycles. The molecule has 4 unspecified atom stereocenters. The third-order valence-electron chi connectivity index (χ3n) is 4.26. The summed E-state index contributed by atoms with van der Waals surface area (Å²) >= 11 is 0. The Morgan fingerprint density at radius 3 is 2.82 bits per heavy atom. The van der Waals surface area contributed by atoms with E-state index < -0.39 is 0 Å². The van der Waals surface area contributed by atoms with Crippen LogP contribution in [0.1, 0.15) is 45.4 Å². The molecule has 100 valence electrons. The number of rotatable bonds is 4. The molecule has 0 spiro atoms. The molecule has 0 bridgehead atoms. The van der Waals surface area contributed by atoms with E-state index in [2.05, 4.69) is 6.92 Å². The Bertz CT molecular complexity index is 216. The van der Waals surface area contributed by atoms with E-state index in [1.807, 2.05) is 0 Å². The van der Waals surface area contributed by atoms with Crippen LogP contribution in [0.4, 0.5) is 0 Å². The number of hydrogen-bond donors (Lipinski definition) is 1. The number of nitrogens with two attached hydrogens (primary N) is 1. The van der Waals surface area contributed by atoms with Crippen molar-refractivity contribution in [1.82, 2.24) is 0 Å². The summed E-state index contributed by atoms with van der Waals surface area (Å²) in [6.45, 7) is 4.77. The molecule has 0 aromatic carbocycles. The largest absolute Gasteiger partial charge is 0.376 e. The highest BCUT2D eigenvalue weighted by molar-refractivity contribution is 4.80. The van der Waals surface area contributed by atoms with E-state index in [9.17, 15) is 0 Å². The Hall–Kier alpha value is -0.120. The van der Waals surface area contributed by atoms with Crippen molar-refractivity contribution in [2.75, 3.05) is 19.8 Å². The molecule has 1 heterocycles. The molecule has 2 aliphatic rings. The second-order valence-electron chi connectivity index (χ2n) is 5.77. The van der Waals surface area contributed by atoms with Crippen molar-refractivity contribution >= 4 is 0 Å². The molecule has 0 radical (unpaired) electrons. The molecule has 3 nitrogen and oxygen atoms in total. The lowest BCUT2D eigenvalue weighted by atomic mass is 9.80. The molecule has 0 aromatic rings. The van der Waals surface area contributed by atoms with E-state index in [1.165, 1.54) is 32.1 Å². The van der Waals surface area contributed by atoms with Crippen molar-refractivity contribution < 1.29 is 9.47 Å². The topological polar surface area (TPSA) is 44.5 Å². The SMILES string of the molecule is CC1CCC(CN)C(OCC2CCCCO2)C1. The molecule has 2 N–H and O–H groups in total. The molecule has 3 heteroatoms. The fraction of sp³-hybridized carbons (Fsp3) is 1.00. The summed E-state index contributed by atoms with van der Waals surface area (Å²) in [7, 11) is 0. The molecule has 4 atom stereocenters. The van der Waals surface area contributed by atoms with Crippen molar-refractivity contribution in [3.8, 4) is 0 Å². The van der Waals surface area contributed by atoms with Crippen LogP contribution in [0.15, 0.2) is 0 Å². The summed E-state index contributed by atoms with van der Waals surface area (Å²) in [4.78, 5) is 0. The van der Waals surface area contributed by atoms with Crippen LogP contribution in [0.2, 0.25) is 0 Å². The highest BCUT2D eigenvalue weighted by Crippen LogP contribution is 2.30. The molecule has 0 amide bonds. The molecule has 2 fully saturated rings. The van der Waals surface area contributed by atoms with Crippen molar-refractivity contribution in [1.29, 1.82) is 0 Å². The molecule has 17 heavy (non-hydrogen) atoms. The van der Waals surface area contributed by atoms with Crippen LogP contribution in [-0.2, 0) is 9.47 Å². The van der Waals surface area contributed by atoms with Crippen LogP contribution in [0.5, 0.6) is 0 Å². The zero-order valence-electron chi connectivity index (χ0n) is 11.1. The number of hydrogen-bond acceptors (Lipinski definition) is 3. The molecular formula is C14H27NO2. The lowest BCUT2D eigenvalue weighted by molar-refractivity contribution is -0.0886. The molecule has 1 aliphatic heterocycles. The van der Waals surface area contributed by atoms with Crippen molar-refractivity contribution in [2.24, 2.45) is 17.6 Å². The summed E-state index contributed by atoms with van der Waals surface area (Å²) in [5.41, 5.74) is 5.84. The van der Waals surface area contributed by atoms with Gasteiger partial charge >= 0.3 is 0 Å². The average molecular weight is 241 g/mol. The minimum Gasteiger partial charge on any atom is -0.376 e. The van der Waals surface area contributed by atoms with Crippen LogP contribution in [-0.4, -0.2) is 32.0 Å². The fourth-order valence-electron chi connectivity index (χ4n) is 3.03. The van der Waals surface area contributed by atoms with Gasteiger partial charge < -0.3 is 15.2 Å². The summed E-state index contributed by atoms with van der Waals surface area (Å²) in [5, 5.41) is 0. The van der Waals surface area contributed by atoms with Crippen LogP contribution < -0.4 is 5.73 Å². The maximum absolute atomic E-state index is 6.09. The van der Waals surface area contributed by atoms with Gasteiger partial charge in [-0.25, -0.2) is 0 Å². The van der Waals surface area contributed by atoms with E-state index in [1.54, 1.807) is 0 Å². The van der Waals surface area contributed by atoms with Gasteiger partial charge in [-0.05, 0) is 50.5 Å². The lowest BCUT2D eigenvalue weighted by Gasteiger charge is -2.35. The predicted octanol–water partition coefficient (Wildman–Crippen LogP) is 2.34. The van der Waals surface area contributed by atoms with Crippen LogP contribution >= 0.6 is 0 Å². The van der Waals surface area contributed by atoms with Crippen LogP contribution in [0.25, 0.3) is 0 Å². The standard InChI is InChI=1S/C14H27NO2/c1-11-5-6-12(9-15)14(8-11)17-10-13-4-2-3-7-16-13/h11-14H,2-10,15H2,1H3. The van der Waals surface area contributed by atoms with Gasteiger partial charge in [-0.15, -0.1) is 0 Å². The molecule has 2 rings (SSSR count). The summed E-state index contributed by atoms with van der Waals surface area (Å²) in [6.07, 6.45) is 8.07. The Kier molecular flexibility index (Phi) is 5.26. The van der Waals surface area contributed by atoms with Gasteiger partial charge in [-0.2, -0.15) is 0 Å². The third-order valence-corrected chi connectivity index (χ3v) is 4.26. The van der Waals surface area contributed by atoms with Crippen LogP contribution in [0, 0.1) is 11.8 Å². The molecule has 1 saturated heterocycles. The van der Waals surface area contributed by atoms with Gasteiger partial charge in [0, 0.05) is 6.61 Å². The first-order chi connectivity index (χ1) is 8.29. The molecule has 0 aromatic heterocycles. The lowest BCUT2D eigenvalue weighted by Crippen LogP contribution is -2.38. The van der Waals surface area contributed by atoms with Crippen molar-refractivity contribution in [3.05, 3.63) is 0 Å². The maximum atomic E-state index is 6.09. The van der Waals surface area contributed by atoms with E-state index in [0.29, 0.717) is 18.1 Å². The minimum atomic E-state index is 0.333. The highest BCUT2D eigenvalue weighted by Gasteiger charge is 2.29. The first-order valence-electron chi connectivity index (χ1n) is 7.23. The Morgan fingerprint density at radius 1 is 1.24 bits per heavy atom. The van der Waals surface area contributed by atoms with Crippen molar-refractivity contribution in [3.63, 3.8) is 0 Å². The van der Waals surface area contributed by atoms with Gasteiger partial charge in [-0.3, -0.25) is 0 Å². The monoisotopic (exact) mass is 241 g/mol. The van der Waals surface area contributed by atoms with E-state index in [0.717, 1.165) is 32.1 Å². The fourth-order valence-corrected chi connectivity index (χ4v) is 3.03. The maximum Gasteiger partial charge on any atom is 0.0808 e. The first kappa shape index (κ1) is 13.3. The summed E-state index contributed by atoms with van der Waals surface area (Å²) in [6, 6.07) is 0. The zero-order chi connectivity index (χ0) is 12.1. The second kappa shape index (κ2) is 6.72. The van der Waals surface area contributed by atoms with Gasteiger partial charge in [0.1, 0.15) is 0 Å².